The van der Waals surface area contributed by atoms with Gasteiger partial charge in [0, 0.05) is 6.20 Å². The maximum absolute atomic E-state index is 4.49. The van der Waals surface area contributed by atoms with E-state index >= 15 is 0 Å². The fraction of sp³-hybridized carbons (Fsp3) is 0.353. The third-order valence-corrected chi connectivity index (χ3v) is 3.19. The molecule has 1 aromatic carbocycles. The van der Waals surface area contributed by atoms with Crippen molar-refractivity contribution in [1.29, 1.82) is 0 Å². The van der Waals surface area contributed by atoms with Crippen molar-refractivity contribution >= 4 is 0 Å². The van der Waals surface area contributed by atoms with Gasteiger partial charge in [-0.3, -0.25) is 4.98 Å². The minimum atomic E-state index is 0.182. The topological polar surface area (TPSA) is 24.9 Å². The molecule has 2 rings (SSSR count). The van der Waals surface area contributed by atoms with Gasteiger partial charge < -0.3 is 5.32 Å². The van der Waals surface area contributed by atoms with Crippen LogP contribution in [0.25, 0.3) is 0 Å². The van der Waals surface area contributed by atoms with Crippen LogP contribution in [-0.2, 0) is 0 Å². The van der Waals surface area contributed by atoms with Gasteiger partial charge in [0.25, 0.3) is 0 Å². The first-order chi connectivity index (χ1) is 9.27. The van der Waals surface area contributed by atoms with Crippen LogP contribution < -0.4 is 5.32 Å². The van der Waals surface area contributed by atoms with Gasteiger partial charge in [0.15, 0.2) is 0 Å². The number of benzene rings is 1. The fourth-order valence-electron chi connectivity index (χ4n) is 2.10. The lowest BCUT2D eigenvalue weighted by molar-refractivity contribution is 0.505. The van der Waals surface area contributed by atoms with Gasteiger partial charge in [0.2, 0.25) is 0 Å². The predicted octanol–water partition coefficient (Wildman–Crippen LogP) is 3.81. The van der Waals surface area contributed by atoms with Gasteiger partial charge in [0.1, 0.15) is 0 Å². The van der Waals surface area contributed by atoms with E-state index in [2.05, 4.69) is 54.5 Å². The summed E-state index contributed by atoms with van der Waals surface area (Å²) in [4.78, 5) is 4.49. The van der Waals surface area contributed by atoms with Gasteiger partial charge in [0.05, 0.1) is 11.7 Å². The van der Waals surface area contributed by atoms with E-state index in [1.165, 1.54) is 12.0 Å². The molecule has 0 aliphatic rings. The van der Waals surface area contributed by atoms with Gasteiger partial charge in [-0.05, 0) is 36.6 Å². The molecule has 1 heterocycles. The SMILES string of the molecule is CC(C)CCNC(c1ccccc1)c1ccccn1. The molecule has 1 atom stereocenters. The zero-order valence-electron chi connectivity index (χ0n) is 11.7. The van der Waals surface area contributed by atoms with E-state index in [1.807, 2.05) is 24.4 Å². The Morgan fingerprint density at radius 1 is 1.00 bits per heavy atom. The molecule has 0 spiro atoms. The van der Waals surface area contributed by atoms with Gasteiger partial charge in [-0.25, -0.2) is 0 Å². The molecule has 2 aromatic rings. The van der Waals surface area contributed by atoms with Crippen LogP contribution in [0.4, 0.5) is 0 Å². The summed E-state index contributed by atoms with van der Waals surface area (Å²) in [5.74, 6) is 0.715. The Morgan fingerprint density at radius 3 is 2.37 bits per heavy atom. The lowest BCUT2D eigenvalue weighted by Crippen LogP contribution is -2.25. The highest BCUT2D eigenvalue weighted by Gasteiger charge is 2.13. The van der Waals surface area contributed by atoms with E-state index in [1.54, 1.807) is 0 Å². The Bertz CT molecular complexity index is 426. The van der Waals surface area contributed by atoms with Crippen LogP contribution in [0.3, 0.4) is 0 Å². The number of aromatic nitrogens is 1. The van der Waals surface area contributed by atoms with E-state index in [9.17, 15) is 0 Å². The molecular formula is C17H22N2. The first-order valence-corrected chi connectivity index (χ1v) is 6.96. The van der Waals surface area contributed by atoms with Crippen LogP contribution in [0, 0.1) is 5.92 Å². The van der Waals surface area contributed by atoms with Crippen molar-refractivity contribution in [3.8, 4) is 0 Å². The molecule has 1 aromatic heterocycles. The summed E-state index contributed by atoms with van der Waals surface area (Å²) in [5.41, 5.74) is 2.35. The molecule has 1 unspecified atom stereocenters. The highest BCUT2D eigenvalue weighted by Crippen LogP contribution is 2.19. The van der Waals surface area contributed by atoms with Crippen LogP contribution in [0.15, 0.2) is 54.7 Å². The van der Waals surface area contributed by atoms with Crippen molar-refractivity contribution < 1.29 is 0 Å². The summed E-state index contributed by atoms with van der Waals surface area (Å²) in [6.45, 7) is 5.51. The Morgan fingerprint density at radius 2 is 1.74 bits per heavy atom. The predicted molar refractivity (Wildman–Crippen MR) is 80.0 cm³/mol. The van der Waals surface area contributed by atoms with Crippen molar-refractivity contribution in [3.05, 3.63) is 66.0 Å². The van der Waals surface area contributed by atoms with Crippen LogP contribution in [-0.4, -0.2) is 11.5 Å². The average Bonchev–Trinajstić information content (AvgIpc) is 2.45. The molecule has 0 saturated carbocycles. The van der Waals surface area contributed by atoms with E-state index in [4.69, 9.17) is 0 Å². The van der Waals surface area contributed by atoms with E-state index in [0.717, 1.165) is 12.2 Å². The summed E-state index contributed by atoms with van der Waals surface area (Å²) in [6.07, 6.45) is 3.03. The van der Waals surface area contributed by atoms with Gasteiger partial charge in [-0.1, -0.05) is 50.2 Å². The molecule has 0 fully saturated rings. The number of nitrogens with zero attached hydrogens (tertiary/aromatic N) is 1. The molecule has 0 bridgehead atoms. The van der Waals surface area contributed by atoms with E-state index in [-0.39, 0.29) is 6.04 Å². The lowest BCUT2D eigenvalue weighted by atomic mass is 10.0. The zero-order chi connectivity index (χ0) is 13.5. The Kier molecular flexibility index (Phi) is 5.10. The van der Waals surface area contributed by atoms with Crippen LogP contribution in [0.5, 0.6) is 0 Å². The largest absolute Gasteiger partial charge is 0.305 e. The minimum Gasteiger partial charge on any atom is -0.305 e. The highest BCUT2D eigenvalue weighted by atomic mass is 14.9. The van der Waals surface area contributed by atoms with Crippen LogP contribution in [0.2, 0.25) is 0 Å². The molecule has 0 amide bonds. The number of rotatable bonds is 6. The zero-order valence-corrected chi connectivity index (χ0v) is 11.7. The Labute approximate surface area is 115 Å². The normalized spacial score (nSPS) is 12.6. The number of hydrogen-bond acceptors (Lipinski definition) is 2. The number of nitrogens with one attached hydrogen (secondary N) is 1. The van der Waals surface area contributed by atoms with Crippen LogP contribution in [0.1, 0.15) is 37.6 Å². The molecule has 2 heteroatoms. The standard InChI is InChI=1S/C17H22N2/c1-14(2)11-13-19-17(15-8-4-3-5-9-15)16-10-6-7-12-18-16/h3-10,12,14,17,19H,11,13H2,1-2H3. The van der Waals surface area contributed by atoms with Crippen LogP contribution >= 0.6 is 0 Å². The first kappa shape index (κ1) is 13.8. The average molecular weight is 254 g/mol. The Hall–Kier alpha value is -1.67. The second-order valence-corrected chi connectivity index (χ2v) is 5.23. The summed E-state index contributed by atoms with van der Waals surface area (Å²) in [6, 6.07) is 16.8. The van der Waals surface area contributed by atoms with Crippen molar-refractivity contribution in [2.45, 2.75) is 26.3 Å². The van der Waals surface area contributed by atoms with Gasteiger partial charge >= 0.3 is 0 Å². The second-order valence-electron chi connectivity index (χ2n) is 5.23. The lowest BCUT2D eigenvalue weighted by Gasteiger charge is -2.19. The summed E-state index contributed by atoms with van der Waals surface area (Å²) in [5, 5.41) is 3.62. The molecule has 2 nitrogen and oxygen atoms in total. The molecule has 0 saturated heterocycles. The van der Waals surface area contributed by atoms with E-state index < -0.39 is 0 Å². The second kappa shape index (κ2) is 7.05. The first-order valence-electron chi connectivity index (χ1n) is 6.96. The summed E-state index contributed by atoms with van der Waals surface area (Å²) >= 11 is 0. The van der Waals surface area contributed by atoms with E-state index in [0.29, 0.717) is 5.92 Å². The molecule has 0 radical (unpaired) electrons. The van der Waals surface area contributed by atoms with Crippen molar-refractivity contribution in [2.75, 3.05) is 6.54 Å². The molecule has 100 valence electrons. The molecular weight excluding hydrogens is 232 g/mol. The van der Waals surface area contributed by atoms with Gasteiger partial charge in [-0.15, -0.1) is 0 Å². The maximum atomic E-state index is 4.49. The van der Waals surface area contributed by atoms with Gasteiger partial charge in [-0.2, -0.15) is 0 Å². The smallest absolute Gasteiger partial charge is 0.0751 e. The quantitative estimate of drug-likeness (QED) is 0.848. The minimum absolute atomic E-state index is 0.182. The number of pyridine rings is 1. The number of hydrogen-bond donors (Lipinski definition) is 1. The molecule has 1 N–H and O–H groups in total. The third kappa shape index (κ3) is 4.18. The summed E-state index contributed by atoms with van der Waals surface area (Å²) < 4.78 is 0. The molecule has 0 aliphatic carbocycles. The highest BCUT2D eigenvalue weighted by molar-refractivity contribution is 5.27. The Balaban J connectivity index is 2.14. The van der Waals surface area contributed by atoms with Crippen molar-refractivity contribution in [2.24, 2.45) is 5.92 Å². The van der Waals surface area contributed by atoms with Crippen molar-refractivity contribution in [3.63, 3.8) is 0 Å². The molecule has 19 heavy (non-hydrogen) atoms. The maximum Gasteiger partial charge on any atom is 0.0751 e. The monoisotopic (exact) mass is 254 g/mol. The third-order valence-electron chi connectivity index (χ3n) is 3.19. The summed E-state index contributed by atoms with van der Waals surface area (Å²) in [7, 11) is 0. The fourth-order valence-corrected chi connectivity index (χ4v) is 2.10. The van der Waals surface area contributed by atoms with Crippen molar-refractivity contribution in [1.82, 2.24) is 10.3 Å². The molecule has 0 aliphatic heterocycles.